The first-order valence-electron chi connectivity index (χ1n) is 6.23. The summed E-state index contributed by atoms with van der Waals surface area (Å²) in [7, 11) is 0. The first-order chi connectivity index (χ1) is 9.02. The molecule has 2 heterocycles. The SMILES string of the molecule is CC(CCl)C(=O)Nc1cnc2c(cnn2C(C)C)c1. The summed E-state index contributed by atoms with van der Waals surface area (Å²) >= 11 is 5.66. The number of nitrogens with zero attached hydrogens (tertiary/aromatic N) is 3. The van der Waals surface area contributed by atoms with Crippen molar-refractivity contribution in [2.45, 2.75) is 26.8 Å². The van der Waals surface area contributed by atoms with E-state index in [0.29, 0.717) is 11.6 Å². The van der Waals surface area contributed by atoms with Gasteiger partial charge in [-0.2, -0.15) is 5.10 Å². The quantitative estimate of drug-likeness (QED) is 0.876. The summed E-state index contributed by atoms with van der Waals surface area (Å²) in [5, 5.41) is 7.99. The number of amides is 1. The van der Waals surface area contributed by atoms with Gasteiger partial charge in [-0.3, -0.25) is 4.79 Å². The van der Waals surface area contributed by atoms with Gasteiger partial charge in [-0.05, 0) is 19.9 Å². The molecule has 1 amide bonds. The Morgan fingerprint density at radius 3 is 2.79 bits per heavy atom. The number of halogens is 1. The molecule has 0 aliphatic carbocycles. The second-order valence-corrected chi connectivity index (χ2v) is 5.17. The van der Waals surface area contributed by atoms with E-state index in [1.54, 1.807) is 19.3 Å². The number of hydrogen-bond acceptors (Lipinski definition) is 3. The summed E-state index contributed by atoms with van der Waals surface area (Å²) in [6.07, 6.45) is 3.39. The van der Waals surface area contributed by atoms with Crippen molar-refractivity contribution in [2.75, 3.05) is 11.2 Å². The minimum absolute atomic E-state index is 0.104. The maximum Gasteiger partial charge on any atom is 0.228 e. The first kappa shape index (κ1) is 13.8. The molecular weight excluding hydrogens is 264 g/mol. The number of pyridine rings is 1. The van der Waals surface area contributed by atoms with E-state index in [9.17, 15) is 4.79 Å². The molecule has 0 aliphatic heterocycles. The molecule has 2 rings (SSSR count). The molecule has 2 aromatic rings. The van der Waals surface area contributed by atoms with E-state index >= 15 is 0 Å². The highest BCUT2D eigenvalue weighted by atomic mass is 35.5. The van der Waals surface area contributed by atoms with Gasteiger partial charge in [0.25, 0.3) is 0 Å². The minimum Gasteiger partial charge on any atom is -0.324 e. The average Bonchev–Trinajstić information content (AvgIpc) is 2.80. The number of anilines is 1. The van der Waals surface area contributed by atoms with Gasteiger partial charge in [-0.25, -0.2) is 9.67 Å². The van der Waals surface area contributed by atoms with Crippen LogP contribution in [-0.4, -0.2) is 26.6 Å². The van der Waals surface area contributed by atoms with Crippen LogP contribution >= 0.6 is 11.6 Å². The third kappa shape index (κ3) is 2.87. The average molecular weight is 281 g/mol. The summed E-state index contributed by atoms with van der Waals surface area (Å²) < 4.78 is 1.85. The lowest BCUT2D eigenvalue weighted by Gasteiger charge is -2.09. The van der Waals surface area contributed by atoms with Crippen LogP contribution in [0, 0.1) is 5.92 Å². The molecule has 0 aromatic carbocycles. The number of rotatable bonds is 4. The van der Waals surface area contributed by atoms with Crippen molar-refractivity contribution in [1.29, 1.82) is 0 Å². The van der Waals surface area contributed by atoms with E-state index < -0.39 is 0 Å². The molecule has 0 radical (unpaired) electrons. The summed E-state index contributed by atoms with van der Waals surface area (Å²) in [6, 6.07) is 2.12. The number of nitrogens with one attached hydrogen (secondary N) is 1. The van der Waals surface area contributed by atoms with E-state index in [0.717, 1.165) is 11.0 Å². The van der Waals surface area contributed by atoms with E-state index in [1.807, 2.05) is 24.6 Å². The lowest BCUT2D eigenvalue weighted by molar-refractivity contribution is -0.118. The maximum atomic E-state index is 11.7. The molecule has 1 N–H and O–H groups in total. The van der Waals surface area contributed by atoms with Gasteiger partial charge < -0.3 is 5.32 Å². The highest BCUT2D eigenvalue weighted by Gasteiger charge is 2.13. The molecule has 0 fully saturated rings. The Bertz CT molecular complexity index is 593. The van der Waals surface area contributed by atoms with Crippen molar-refractivity contribution in [3.63, 3.8) is 0 Å². The van der Waals surface area contributed by atoms with Crippen molar-refractivity contribution < 1.29 is 4.79 Å². The van der Waals surface area contributed by atoms with Crippen LogP contribution in [0.4, 0.5) is 5.69 Å². The Labute approximate surface area is 117 Å². The van der Waals surface area contributed by atoms with E-state index in [1.165, 1.54) is 0 Å². The fraction of sp³-hybridized carbons (Fsp3) is 0.462. The van der Waals surface area contributed by atoms with Gasteiger partial charge in [0.2, 0.25) is 5.91 Å². The largest absolute Gasteiger partial charge is 0.324 e. The number of alkyl halides is 1. The van der Waals surface area contributed by atoms with Gasteiger partial charge >= 0.3 is 0 Å². The molecule has 0 aliphatic rings. The monoisotopic (exact) mass is 280 g/mol. The summed E-state index contributed by atoms with van der Waals surface area (Å²) in [4.78, 5) is 16.1. The number of aromatic nitrogens is 3. The molecule has 0 saturated heterocycles. The number of fused-ring (bicyclic) bond motifs is 1. The number of hydrogen-bond donors (Lipinski definition) is 1. The topological polar surface area (TPSA) is 59.8 Å². The fourth-order valence-electron chi connectivity index (χ4n) is 1.72. The van der Waals surface area contributed by atoms with E-state index in [2.05, 4.69) is 15.4 Å². The minimum atomic E-state index is -0.226. The molecule has 0 bridgehead atoms. The molecule has 6 heteroatoms. The van der Waals surface area contributed by atoms with Crippen LogP contribution < -0.4 is 5.32 Å². The first-order valence-corrected chi connectivity index (χ1v) is 6.76. The molecule has 2 aromatic heterocycles. The number of carbonyl (C=O) groups excluding carboxylic acids is 1. The lowest BCUT2D eigenvalue weighted by Crippen LogP contribution is -2.21. The molecular formula is C13H17ClN4O. The highest BCUT2D eigenvalue weighted by Crippen LogP contribution is 2.19. The molecule has 0 saturated carbocycles. The predicted octanol–water partition coefficient (Wildman–Crippen LogP) is 2.83. The maximum absolute atomic E-state index is 11.7. The number of carbonyl (C=O) groups is 1. The Balaban J connectivity index is 2.25. The van der Waals surface area contributed by atoms with Crippen molar-refractivity contribution in [3.05, 3.63) is 18.5 Å². The zero-order valence-electron chi connectivity index (χ0n) is 11.2. The Hall–Kier alpha value is -1.62. The van der Waals surface area contributed by atoms with Crippen LogP contribution in [0.15, 0.2) is 18.5 Å². The standard InChI is InChI=1S/C13H17ClN4O/c1-8(2)18-12-10(6-16-18)4-11(7-15-12)17-13(19)9(3)5-14/h4,6-9H,5H2,1-3H3,(H,17,19). The summed E-state index contributed by atoms with van der Waals surface area (Å²) in [5.41, 5.74) is 1.48. The smallest absolute Gasteiger partial charge is 0.228 e. The van der Waals surface area contributed by atoms with Crippen LogP contribution in [-0.2, 0) is 4.79 Å². The van der Waals surface area contributed by atoms with Crippen molar-refractivity contribution in [1.82, 2.24) is 14.8 Å². The van der Waals surface area contributed by atoms with Gasteiger partial charge in [0.15, 0.2) is 5.65 Å². The predicted molar refractivity (Wildman–Crippen MR) is 76.4 cm³/mol. The molecule has 102 valence electrons. The highest BCUT2D eigenvalue weighted by molar-refractivity contribution is 6.19. The normalized spacial score (nSPS) is 12.9. The Morgan fingerprint density at radius 1 is 1.42 bits per heavy atom. The second kappa shape index (κ2) is 5.57. The van der Waals surface area contributed by atoms with Gasteiger partial charge in [-0.15, -0.1) is 11.6 Å². The Kier molecular flexibility index (Phi) is 4.04. The van der Waals surface area contributed by atoms with E-state index in [4.69, 9.17) is 11.6 Å². The molecule has 1 atom stereocenters. The van der Waals surface area contributed by atoms with Gasteiger partial charge in [0.1, 0.15) is 0 Å². The molecule has 0 spiro atoms. The van der Waals surface area contributed by atoms with Crippen molar-refractivity contribution in [3.8, 4) is 0 Å². The van der Waals surface area contributed by atoms with Crippen LogP contribution in [0.2, 0.25) is 0 Å². The molecule has 19 heavy (non-hydrogen) atoms. The summed E-state index contributed by atoms with van der Waals surface area (Å²) in [6.45, 7) is 5.88. The fourth-order valence-corrected chi connectivity index (χ4v) is 1.86. The van der Waals surface area contributed by atoms with Crippen molar-refractivity contribution >= 4 is 34.2 Å². The van der Waals surface area contributed by atoms with Crippen LogP contribution in [0.1, 0.15) is 26.8 Å². The zero-order valence-corrected chi connectivity index (χ0v) is 12.0. The van der Waals surface area contributed by atoms with Gasteiger partial charge in [-0.1, -0.05) is 6.92 Å². The molecule has 5 nitrogen and oxygen atoms in total. The van der Waals surface area contributed by atoms with E-state index in [-0.39, 0.29) is 17.9 Å². The van der Waals surface area contributed by atoms with Crippen LogP contribution in [0.5, 0.6) is 0 Å². The lowest BCUT2D eigenvalue weighted by atomic mass is 10.2. The van der Waals surface area contributed by atoms with Crippen LogP contribution in [0.3, 0.4) is 0 Å². The third-order valence-corrected chi connectivity index (χ3v) is 3.33. The molecule has 1 unspecified atom stereocenters. The van der Waals surface area contributed by atoms with Gasteiger partial charge in [0, 0.05) is 23.2 Å². The summed E-state index contributed by atoms with van der Waals surface area (Å²) in [5.74, 6) is -0.0320. The Morgan fingerprint density at radius 2 is 2.16 bits per heavy atom. The van der Waals surface area contributed by atoms with Crippen LogP contribution in [0.25, 0.3) is 11.0 Å². The second-order valence-electron chi connectivity index (χ2n) is 4.86. The van der Waals surface area contributed by atoms with Crippen molar-refractivity contribution in [2.24, 2.45) is 5.92 Å². The third-order valence-electron chi connectivity index (χ3n) is 2.87. The zero-order chi connectivity index (χ0) is 14.0. The van der Waals surface area contributed by atoms with Gasteiger partial charge in [0.05, 0.1) is 18.1 Å².